The summed E-state index contributed by atoms with van der Waals surface area (Å²) in [6.45, 7) is 2.22. The van der Waals surface area contributed by atoms with E-state index in [1.807, 2.05) is 0 Å². The van der Waals surface area contributed by atoms with E-state index in [0.717, 1.165) is 32.1 Å². The second-order valence-electron chi connectivity index (χ2n) is 10.1. The Bertz CT molecular complexity index is 1030. The van der Waals surface area contributed by atoms with E-state index in [1.54, 1.807) is 31.2 Å². The summed E-state index contributed by atoms with van der Waals surface area (Å²) in [5.41, 5.74) is 0.678. The summed E-state index contributed by atoms with van der Waals surface area (Å²) < 4.78 is 10.2. The molecule has 1 aromatic rings. The Balaban J connectivity index is 1.94. The number of amides is 4. The normalized spacial score (nSPS) is 14.7. The van der Waals surface area contributed by atoms with Crippen LogP contribution in [0.1, 0.15) is 63.9 Å². The van der Waals surface area contributed by atoms with Crippen LogP contribution in [-0.4, -0.2) is 78.8 Å². The van der Waals surface area contributed by atoms with Gasteiger partial charge in [0.25, 0.3) is 0 Å². The summed E-state index contributed by atoms with van der Waals surface area (Å²) in [5, 5.41) is 17.8. The van der Waals surface area contributed by atoms with E-state index in [2.05, 4.69) is 16.0 Å². The maximum absolute atomic E-state index is 13.2. The largest absolute Gasteiger partial charge is 0.480 e. The minimum Gasteiger partial charge on any atom is -0.480 e. The number of nitrogens with one attached hydrogen (secondary N) is 3. The van der Waals surface area contributed by atoms with Crippen molar-refractivity contribution >= 4 is 41.6 Å². The summed E-state index contributed by atoms with van der Waals surface area (Å²) in [7, 11) is 1.51. The summed E-state index contributed by atoms with van der Waals surface area (Å²) >= 11 is 5.97. The van der Waals surface area contributed by atoms with Crippen LogP contribution >= 0.6 is 11.6 Å². The number of hydrogen-bond donors (Lipinski definition) is 4. The molecular formula is C28H41ClN4O8. The number of carboxylic acids is 1. The van der Waals surface area contributed by atoms with Crippen molar-refractivity contribution in [3.8, 4) is 0 Å². The molecule has 4 N–H and O–H groups in total. The summed E-state index contributed by atoms with van der Waals surface area (Å²) in [6.07, 6.45) is 3.63. The average molecular weight is 597 g/mol. The number of ether oxygens (including phenoxy) is 2. The van der Waals surface area contributed by atoms with Crippen LogP contribution in [0.25, 0.3) is 0 Å². The fourth-order valence-electron chi connectivity index (χ4n) is 4.53. The molecule has 228 valence electrons. The van der Waals surface area contributed by atoms with E-state index in [9.17, 15) is 29.1 Å². The molecule has 4 amide bonds. The molecule has 0 spiro atoms. The Morgan fingerprint density at radius 1 is 1.05 bits per heavy atom. The lowest BCUT2D eigenvalue weighted by Gasteiger charge is -2.27. The molecule has 1 aliphatic rings. The number of aliphatic carboxylic acids is 1. The lowest BCUT2D eigenvalue weighted by atomic mass is 9.84. The lowest BCUT2D eigenvalue weighted by molar-refractivity contribution is -0.142. The van der Waals surface area contributed by atoms with Crippen molar-refractivity contribution in [1.82, 2.24) is 20.9 Å². The van der Waals surface area contributed by atoms with Crippen LogP contribution in [0.2, 0.25) is 5.02 Å². The van der Waals surface area contributed by atoms with Crippen molar-refractivity contribution in [3.63, 3.8) is 0 Å². The van der Waals surface area contributed by atoms with E-state index < -0.39 is 36.1 Å². The van der Waals surface area contributed by atoms with Gasteiger partial charge >= 0.3 is 18.2 Å². The number of halogens is 1. The van der Waals surface area contributed by atoms with Crippen LogP contribution in [-0.2, 0) is 30.5 Å². The van der Waals surface area contributed by atoms with E-state index in [1.165, 1.54) is 11.9 Å². The fourth-order valence-corrected chi connectivity index (χ4v) is 4.74. The molecule has 2 unspecified atom stereocenters. The summed E-state index contributed by atoms with van der Waals surface area (Å²) in [6, 6.07) is 4.49. The van der Waals surface area contributed by atoms with Gasteiger partial charge < -0.3 is 35.4 Å². The van der Waals surface area contributed by atoms with Crippen LogP contribution in [0.4, 0.5) is 9.59 Å². The number of hydrogen-bond acceptors (Lipinski definition) is 7. The van der Waals surface area contributed by atoms with Gasteiger partial charge in [0, 0.05) is 25.0 Å². The number of nitrogens with zero attached hydrogens (tertiary/aromatic N) is 1. The maximum Gasteiger partial charge on any atom is 0.408 e. The molecule has 0 saturated heterocycles. The molecule has 12 nitrogen and oxygen atoms in total. The highest BCUT2D eigenvalue weighted by atomic mass is 35.5. The molecule has 0 aromatic heterocycles. The highest BCUT2D eigenvalue weighted by Gasteiger charge is 2.30. The Morgan fingerprint density at radius 3 is 2.44 bits per heavy atom. The van der Waals surface area contributed by atoms with Gasteiger partial charge in [-0.1, -0.05) is 55.8 Å². The number of carboxylic acid groups (broad SMARTS) is 1. The van der Waals surface area contributed by atoms with Gasteiger partial charge in [0.1, 0.15) is 25.3 Å². The van der Waals surface area contributed by atoms with Crippen LogP contribution in [0.3, 0.4) is 0 Å². The zero-order valence-electron chi connectivity index (χ0n) is 23.7. The molecule has 1 fully saturated rings. The Hall–Kier alpha value is -3.54. The monoisotopic (exact) mass is 596 g/mol. The maximum atomic E-state index is 13.2. The smallest absolute Gasteiger partial charge is 0.408 e. The average Bonchev–Trinajstić information content (AvgIpc) is 2.94. The molecule has 1 saturated carbocycles. The zero-order valence-corrected chi connectivity index (χ0v) is 24.4. The standard InChI is InChI=1S/C28H41ClN4O8/c1-3-30-27(38)40-15-14-33(2)24(34)13-12-22(26(36)37)31-25(35)23(17-19-8-5-4-6-9-19)32-28(39)41-18-20-10-7-11-21(29)16-20/h7,10-11,16,19,22-23H,3-6,8-9,12-15,17-18H2,1-2H3,(H,30,38)(H,31,35)(H,32,39)(H,36,37). The van der Waals surface area contributed by atoms with Gasteiger partial charge in [0.15, 0.2) is 0 Å². The number of rotatable bonds is 15. The minimum atomic E-state index is -1.34. The van der Waals surface area contributed by atoms with E-state index in [0.29, 0.717) is 23.6 Å². The van der Waals surface area contributed by atoms with E-state index >= 15 is 0 Å². The highest BCUT2D eigenvalue weighted by molar-refractivity contribution is 6.30. The van der Waals surface area contributed by atoms with Crippen molar-refractivity contribution in [3.05, 3.63) is 34.9 Å². The van der Waals surface area contributed by atoms with Crippen LogP contribution in [0.15, 0.2) is 24.3 Å². The lowest BCUT2D eigenvalue weighted by Crippen LogP contribution is -2.52. The first kappa shape index (κ1) is 33.7. The molecule has 41 heavy (non-hydrogen) atoms. The second kappa shape index (κ2) is 18.0. The third kappa shape index (κ3) is 13.1. The van der Waals surface area contributed by atoms with Crippen molar-refractivity contribution in [2.45, 2.75) is 77.0 Å². The predicted octanol–water partition coefficient (Wildman–Crippen LogP) is 3.46. The third-order valence-corrected chi connectivity index (χ3v) is 7.06. The molecular weight excluding hydrogens is 556 g/mol. The Morgan fingerprint density at radius 2 is 1.78 bits per heavy atom. The molecule has 0 bridgehead atoms. The van der Waals surface area contributed by atoms with Crippen LogP contribution < -0.4 is 16.0 Å². The molecule has 13 heteroatoms. The number of alkyl carbamates (subject to hydrolysis) is 2. The first-order valence-electron chi connectivity index (χ1n) is 13.9. The fraction of sp³-hybridized carbons (Fsp3) is 0.607. The van der Waals surface area contributed by atoms with Gasteiger partial charge in [-0.05, 0) is 43.4 Å². The number of carbonyl (C=O) groups excluding carboxylic acids is 4. The van der Waals surface area contributed by atoms with Gasteiger partial charge in [-0.2, -0.15) is 0 Å². The van der Waals surface area contributed by atoms with E-state index in [4.69, 9.17) is 21.1 Å². The van der Waals surface area contributed by atoms with E-state index in [-0.39, 0.29) is 44.4 Å². The van der Waals surface area contributed by atoms with Gasteiger partial charge in [0.05, 0.1) is 6.54 Å². The molecule has 0 aliphatic heterocycles. The number of benzene rings is 1. The molecule has 0 radical (unpaired) electrons. The first-order chi connectivity index (χ1) is 19.6. The minimum absolute atomic E-state index is 0.0188. The summed E-state index contributed by atoms with van der Waals surface area (Å²) in [5.74, 6) is -2.12. The first-order valence-corrected chi connectivity index (χ1v) is 14.3. The predicted molar refractivity (Wildman–Crippen MR) is 151 cm³/mol. The number of likely N-dealkylation sites (N-methyl/N-ethyl adjacent to an activating group) is 1. The molecule has 0 heterocycles. The molecule has 1 aliphatic carbocycles. The van der Waals surface area contributed by atoms with Gasteiger partial charge in [0.2, 0.25) is 11.8 Å². The Labute approximate surface area is 245 Å². The number of carbonyl (C=O) groups is 5. The summed E-state index contributed by atoms with van der Waals surface area (Å²) in [4.78, 5) is 62.9. The molecule has 2 atom stereocenters. The van der Waals surface area contributed by atoms with Crippen molar-refractivity contribution in [1.29, 1.82) is 0 Å². The van der Waals surface area contributed by atoms with Crippen molar-refractivity contribution in [2.75, 3.05) is 26.7 Å². The van der Waals surface area contributed by atoms with Crippen LogP contribution in [0, 0.1) is 5.92 Å². The molecule has 2 rings (SSSR count). The quantitative estimate of drug-likeness (QED) is 0.239. The highest BCUT2D eigenvalue weighted by Crippen LogP contribution is 2.27. The van der Waals surface area contributed by atoms with Gasteiger partial charge in [-0.25, -0.2) is 14.4 Å². The Kier molecular flexibility index (Phi) is 14.8. The van der Waals surface area contributed by atoms with Crippen LogP contribution in [0.5, 0.6) is 0 Å². The molecule has 1 aromatic carbocycles. The van der Waals surface area contributed by atoms with Crippen molar-refractivity contribution < 1.29 is 38.6 Å². The topological polar surface area (TPSA) is 163 Å². The SMILES string of the molecule is CCNC(=O)OCCN(C)C(=O)CCC(NC(=O)C(CC1CCCCC1)NC(=O)OCc1cccc(Cl)c1)C(=O)O. The van der Waals surface area contributed by atoms with Gasteiger partial charge in [-0.3, -0.25) is 9.59 Å². The second-order valence-corrected chi connectivity index (χ2v) is 10.5. The van der Waals surface area contributed by atoms with Gasteiger partial charge in [-0.15, -0.1) is 0 Å². The van der Waals surface area contributed by atoms with Crippen molar-refractivity contribution in [2.24, 2.45) is 5.92 Å². The zero-order chi connectivity index (χ0) is 30.2. The third-order valence-electron chi connectivity index (χ3n) is 6.83.